The van der Waals surface area contributed by atoms with Crippen LogP contribution in [0.15, 0.2) is 106 Å². The lowest BCUT2D eigenvalue weighted by atomic mass is 10.1. The maximum absolute atomic E-state index is 12.9. The van der Waals surface area contributed by atoms with Crippen LogP contribution in [0.4, 0.5) is 8.78 Å². The molecule has 0 saturated heterocycles. The molecule has 0 amide bonds. The second-order valence-corrected chi connectivity index (χ2v) is 15.8. The van der Waals surface area contributed by atoms with Gasteiger partial charge < -0.3 is 29.1 Å². The van der Waals surface area contributed by atoms with Gasteiger partial charge in [0.2, 0.25) is 11.8 Å². The number of nitrogens with two attached hydrogens (primary N) is 1. The number of rotatable bonds is 20. The molecule has 0 spiro atoms. The molecular formula is C48H57F2N3O7S2. The van der Waals surface area contributed by atoms with E-state index < -0.39 is 5.97 Å². The maximum atomic E-state index is 12.9. The van der Waals surface area contributed by atoms with Crippen LogP contribution >= 0.6 is 23.5 Å². The number of carbonyl (C=O) groups excluding carboxylic acids is 1. The van der Waals surface area contributed by atoms with Crippen molar-refractivity contribution >= 4 is 35.3 Å². The SMILES string of the molecule is C.COCc1ccc(-c2nc(CSCC(=O)CCCc3ccc(F)cc3)c(C)o2)cc1.COCc1ccc(-c2nc(CSCC(=O)O)c(C)o2)cc1.NCCc1ccc(F)cc1. The zero-order valence-corrected chi connectivity index (χ0v) is 36.6. The average Bonchev–Trinajstić information content (AvgIpc) is 3.81. The van der Waals surface area contributed by atoms with Gasteiger partial charge in [-0.1, -0.05) is 56.0 Å². The van der Waals surface area contributed by atoms with Crippen molar-refractivity contribution in [1.82, 2.24) is 9.97 Å². The third kappa shape index (κ3) is 18.1. The van der Waals surface area contributed by atoms with Gasteiger partial charge in [-0.25, -0.2) is 18.7 Å². The fourth-order valence-electron chi connectivity index (χ4n) is 5.72. The van der Waals surface area contributed by atoms with Crippen molar-refractivity contribution in [2.75, 3.05) is 32.3 Å². The summed E-state index contributed by atoms with van der Waals surface area (Å²) in [6.07, 6.45) is 2.91. The summed E-state index contributed by atoms with van der Waals surface area (Å²) in [5.41, 5.74) is 13.1. The number of Topliss-reactive ketones (excluding diaryl/α,β-unsaturated/α-hetero) is 1. The van der Waals surface area contributed by atoms with E-state index in [2.05, 4.69) is 9.97 Å². The predicted molar refractivity (Wildman–Crippen MR) is 245 cm³/mol. The number of aromatic nitrogens is 2. The minimum absolute atomic E-state index is 0. The van der Waals surface area contributed by atoms with Crippen LogP contribution in [0.2, 0.25) is 0 Å². The van der Waals surface area contributed by atoms with Gasteiger partial charge in [-0.3, -0.25) is 9.59 Å². The Labute approximate surface area is 372 Å². The Morgan fingerprint density at radius 2 is 1.05 bits per heavy atom. The van der Waals surface area contributed by atoms with E-state index >= 15 is 0 Å². The van der Waals surface area contributed by atoms with Gasteiger partial charge in [0.05, 0.1) is 36.1 Å². The first-order valence-corrected chi connectivity index (χ1v) is 22.0. The Bertz CT molecular complexity index is 2210. The predicted octanol–water partition coefficient (Wildman–Crippen LogP) is 10.8. The van der Waals surface area contributed by atoms with Gasteiger partial charge in [0.1, 0.15) is 28.9 Å². The van der Waals surface area contributed by atoms with Crippen LogP contribution in [0.3, 0.4) is 0 Å². The van der Waals surface area contributed by atoms with Gasteiger partial charge in [0.25, 0.3) is 0 Å². The molecule has 0 bridgehead atoms. The van der Waals surface area contributed by atoms with E-state index in [9.17, 15) is 18.4 Å². The fourth-order valence-corrected chi connectivity index (χ4v) is 7.39. The number of ketones is 1. The van der Waals surface area contributed by atoms with Gasteiger partial charge >= 0.3 is 5.97 Å². The number of methoxy groups -OCH3 is 2. The van der Waals surface area contributed by atoms with Gasteiger partial charge in [-0.2, -0.15) is 0 Å². The highest BCUT2D eigenvalue weighted by molar-refractivity contribution is 7.99. The van der Waals surface area contributed by atoms with Crippen LogP contribution in [0.5, 0.6) is 0 Å². The molecule has 14 heteroatoms. The zero-order valence-electron chi connectivity index (χ0n) is 35.0. The Morgan fingerprint density at radius 1 is 0.645 bits per heavy atom. The number of carboxylic acid groups (broad SMARTS) is 1. The van der Waals surface area contributed by atoms with Crippen molar-refractivity contribution in [3.05, 3.63) is 154 Å². The van der Waals surface area contributed by atoms with Gasteiger partial charge in [-0.15, -0.1) is 23.5 Å². The first-order chi connectivity index (χ1) is 29.5. The molecule has 2 heterocycles. The number of benzene rings is 4. The molecule has 332 valence electrons. The number of carboxylic acids is 1. The molecule has 62 heavy (non-hydrogen) atoms. The van der Waals surface area contributed by atoms with Crippen molar-refractivity contribution in [2.24, 2.45) is 5.73 Å². The van der Waals surface area contributed by atoms with Crippen LogP contribution in [-0.2, 0) is 56.6 Å². The van der Waals surface area contributed by atoms with Crippen LogP contribution in [0, 0.1) is 25.5 Å². The van der Waals surface area contributed by atoms with Crippen molar-refractivity contribution in [2.45, 2.75) is 71.7 Å². The third-order valence-electron chi connectivity index (χ3n) is 8.96. The number of halogens is 2. The number of oxazole rings is 2. The van der Waals surface area contributed by atoms with Gasteiger partial charge in [0, 0.05) is 43.3 Å². The summed E-state index contributed by atoms with van der Waals surface area (Å²) >= 11 is 2.86. The molecule has 0 aliphatic carbocycles. The molecule has 4 aromatic carbocycles. The molecule has 6 aromatic rings. The lowest BCUT2D eigenvalue weighted by Gasteiger charge is -2.02. The Kier molecular flexibility index (Phi) is 22.9. The van der Waals surface area contributed by atoms with E-state index in [-0.39, 0.29) is 30.6 Å². The van der Waals surface area contributed by atoms with Crippen LogP contribution < -0.4 is 5.73 Å². The number of nitrogens with zero attached hydrogens (tertiary/aromatic N) is 2. The molecule has 0 atom stereocenters. The maximum Gasteiger partial charge on any atom is 0.313 e. The van der Waals surface area contributed by atoms with Crippen LogP contribution in [0.1, 0.15) is 65.4 Å². The summed E-state index contributed by atoms with van der Waals surface area (Å²) in [5.74, 6) is 3.31. The molecule has 6 rings (SSSR count). The lowest BCUT2D eigenvalue weighted by Crippen LogP contribution is -2.02. The Balaban J connectivity index is 0.000000277. The average molecular weight is 890 g/mol. The Hall–Kier alpha value is -5.12. The summed E-state index contributed by atoms with van der Waals surface area (Å²) in [6, 6.07) is 28.6. The van der Waals surface area contributed by atoms with E-state index in [1.165, 1.54) is 36.0 Å². The fraction of sp³-hybridized carbons (Fsp3) is 0.333. The number of thioether (sulfide) groups is 2. The first kappa shape index (κ1) is 51.2. The largest absolute Gasteiger partial charge is 0.481 e. The molecule has 10 nitrogen and oxygen atoms in total. The molecule has 0 aliphatic heterocycles. The number of ether oxygens (including phenoxy) is 2. The minimum atomic E-state index is -0.824. The van der Waals surface area contributed by atoms with E-state index in [1.54, 1.807) is 50.2 Å². The normalized spacial score (nSPS) is 10.6. The monoisotopic (exact) mass is 889 g/mol. The summed E-state index contributed by atoms with van der Waals surface area (Å²) < 4.78 is 46.9. The highest BCUT2D eigenvalue weighted by atomic mass is 32.2. The van der Waals surface area contributed by atoms with E-state index in [0.29, 0.717) is 55.2 Å². The summed E-state index contributed by atoms with van der Waals surface area (Å²) in [4.78, 5) is 31.7. The topological polar surface area (TPSA) is 151 Å². The number of aryl methyl sites for hydroxylation is 3. The number of hydrogen-bond donors (Lipinski definition) is 2. The summed E-state index contributed by atoms with van der Waals surface area (Å²) in [7, 11) is 3.33. The highest BCUT2D eigenvalue weighted by Crippen LogP contribution is 2.26. The van der Waals surface area contributed by atoms with E-state index in [0.717, 1.165) is 75.6 Å². The second-order valence-electron chi connectivity index (χ2n) is 13.9. The highest BCUT2D eigenvalue weighted by Gasteiger charge is 2.14. The molecule has 2 aromatic heterocycles. The second kappa shape index (κ2) is 27.7. The van der Waals surface area contributed by atoms with Crippen molar-refractivity contribution in [3.8, 4) is 22.9 Å². The van der Waals surface area contributed by atoms with Crippen LogP contribution in [-0.4, -0.2) is 59.1 Å². The van der Waals surface area contributed by atoms with Crippen molar-refractivity contribution < 1.29 is 41.8 Å². The minimum Gasteiger partial charge on any atom is -0.481 e. The van der Waals surface area contributed by atoms with Crippen LogP contribution in [0.25, 0.3) is 22.9 Å². The lowest BCUT2D eigenvalue weighted by molar-refractivity contribution is -0.133. The molecule has 0 fully saturated rings. The number of hydrogen-bond acceptors (Lipinski definition) is 11. The van der Waals surface area contributed by atoms with E-state index in [1.807, 2.05) is 62.4 Å². The van der Waals surface area contributed by atoms with Crippen molar-refractivity contribution in [1.29, 1.82) is 0 Å². The smallest absolute Gasteiger partial charge is 0.313 e. The summed E-state index contributed by atoms with van der Waals surface area (Å²) in [5, 5.41) is 8.64. The number of aliphatic carboxylic acids is 1. The quantitative estimate of drug-likeness (QED) is 0.0751. The summed E-state index contributed by atoms with van der Waals surface area (Å²) in [6.45, 7) is 5.50. The molecule has 0 saturated carbocycles. The van der Waals surface area contributed by atoms with Gasteiger partial charge in [-0.05, 0) is 110 Å². The van der Waals surface area contributed by atoms with E-state index in [4.69, 9.17) is 29.1 Å². The molecular weight excluding hydrogens is 833 g/mol. The molecule has 0 aliphatic rings. The third-order valence-corrected chi connectivity index (χ3v) is 10.9. The van der Waals surface area contributed by atoms with Gasteiger partial charge in [0.15, 0.2) is 0 Å². The molecule has 0 radical (unpaired) electrons. The first-order valence-electron chi connectivity index (χ1n) is 19.6. The molecule has 0 unspecified atom stereocenters. The van der Waals surface area contributed by atoms with Crippen molar-refractivity contribution in [3.63, 3.8) is 0 Å². The number of carbonyl (C=O) groups is 2. The Morgan fingerprint density at radius 3 is 1.45 bits per heavy atom. The molecule has 3 N–H and O–H groups in total. The zero-order chi connectivity index (χ0) is 44.0. The standard InChI is InChI=1S/C24H26FNO3S.C15H17NO4S.C8H10FN.CH4/c1-17-23(26-24(29-17)20-10-6-19(7-11-20)14-28-2)16-30-15-22(27)5-3-4-18-8-12-21(25)13-9-18;1-10-13(8-21-9-14(17)18)16-15(20-10)12-5-3-11(4-6-12)7-19-2;9-8-3-1-7(2-4-8)5-6-10;/h6-13H,3-5,14-16H2,1-2H3;3-6H,7-9H2,1-2H3,(H,17,18);1-4H,5-6,10H2;1H4.